The van der Waals surface area contributed by atoms with Gasteiger partial charge in [-0.15, -0.1) is 0 Å². The molecule has 0 bridgehead atoms. The summed E-state index contributed by atoms with van der Waals surface area (Å²) in [7, 11) is 0. The van der Waals surface area contributed by atoms with Crippen LogP contribution in [0.1, 0.15) is 24.1 Å². The number of amides is 1. The van der Waals surface area contributed by atoms with Crippen LogP contribution in [0.2, 0.25) is 5.02 Å². The van der Waals surface area contributed by atoms with Crippen molar-refractivity contribution in [2.24, 2.45) is 0 Å². The molecule has 3 nitrogen and oxygen atoms in total. The zero-order valence-corrected chi connectivity index (χ0v) is 12.8. The van der Waals surface area contributed by atoms with Crippen LogP contribution in [0.25, 0.3) is 0 Å². The van der Waals surface area contributed by atoms with Gasteiger partial charge in [0.05, 0.1) is 0 Å². The standard InChI is InChI=1S/C17H19ClN2O/c1-13(15-7-3-2-4-8-15)19-12-17(21)20-11-14-6-5-9-16(18)10-14/h2-10,13,19H,11-12H2,1H3,(H,20,21)/p+1/t13-/m1/s1. The van der Waals surface area contributed by atoms with Gasteiger partial charge in [0.1, 0.15) is 6.04 Å². The van der Waals surface area contributed by atoms with Crippen molar-refractivity contribution in [3.63, 3.8) is 0 Å². The summed E-state index contributed by atoms with van der Waals surface area (Å²) in [6.45, 7) is 3.02. The Balaban J connectivity index is 1.75. The average molecular weight is 304 g/mol. The number of nitrogens with two attached hydrogens (primary N) is 1. The number of carbonyl (C=O) groups is 1. The maximum Gasteiger partial charge on any atom is 0.275 e. The zero-order valence-electron chi connectivity index (χ0n) is 12.1. The first-order valence-corrected chi connectivity index (χ1v) is 7.42. The van der Waals surface area contributed by atoms with E-state index in [1.807, 2.05) is 47.8 Å². The van der Waals surface area contributed by atoms with Gasteiger partial charge in [-0.2, -0.15) is 0 Å². The number of quaternary nitrogens is 1. The Morgan fingerprint density at radius 1 is 1.19 bits per heavy atom. The summed E-state index contributed by atoms with van der Waals surface area (Å²) in [6.07, 6.45) is 0. The lowest BCUT2D eigenvalue weighted by Crippen LogP contribution is -2.87. The van der Waals surface area contributed by atoms with E-state index in [1.54, 1.807) is 0 Å². The van der Waals surface area contributed by atoms with E-state index in [0.29, 0.717) is 18.1 Å². The van der Waals surface area contributed by atoms with Gasteiger partial charge >= 0.3 is 0 Å². The van der Waals surface area contributed by atoms with Crippen LogP contribution in [0.15, 0.2) is 54.6 Å². The monoisotopic (exact) mass is 303 g/mol. The minimum Gasteiger partial charge on any atom is -0.347 e. The third kappa shape index (κ3) is 5.21. The Hall–Kier alpha value is -1.84. The molecule has 1 amide bonds. The number of hydrogen-bond donors (Lipinski definition) is 2. The van der Waals surface area contributed by atoms with Gasteiger partial charge in [-0.1, -0.05) is 54.1 Å². The Labute approximate surface area is 130 Å². The molecule has 3 N–H and O–H groups in total. The van der Waals surface area contributed by atoms with Gasteiger partial charge in [0, 0.05) is 17.1 Å². The largest absolute Gasteiger partial charge is 0.347 e. The lowest BCUT2D eigenvalue weighted by Gasteiger charge is -2.11. The van der Waals surface area contributed by atoms with E-state index in [1.165, 1.54) is 5.56 Å². The highest BCUT2D eigenvalue weighted by atomic mass is 35.5. The van der Waals surface area contributed by atoms with Gasteiger partial charge in [0.25, 0.3) is 5.91 Å². The summed E-state index contributed by atoms with van der Waals surface area (Å²) in [5.41, 5.74) is 2.23. The fourth-order valence-electron chi connectivity index (χ4n) is 2.10. The van der Waals surface area contributed by atoms with Crippen LogP contribution in [0.3, 0.4) is 0 Å². The maximum atomic E-state index is 11.9. The second kappa shape index (κ2) is 7.81. The van der Waals surface area contributed by atoms with Gasteiger partial charge in [-0.05, 0) is 24.6 Å². The lowest BCUT2D eigenvalue weighted by molar-refractivity contribution is -0.682. The van der Waals surface area contributed by atoms with E-state index in [2.05, 4.69) is 24.4 Å². The normalized spacial score (nSPS) is 11.9. The molecule has 0 saturated carbocycles. The van der Waals surface area contributed by atoms with Gasteiger partial charge < -0.3 is 10.6 Å². The van der Waals surface area contributed by atoms with E-state index in [0.717, 1.165) is 5.56 Å². The van der Waals surface area contributed by atoms with Crippen molar-refractivity contribution >= 4 is 17.5 Å². The molecule has 0 aliphatic heterocycles. The van der Waals surface area contributed by atoms with Crippen LogP contribution in [0.4, 0.5) is 0 Å². The molecule has 2 aromatic carbocycles. The van der Waals surface area contributed by atoms with E-state index in [-0.39, 0.29) is 11.9 Å². The number of hydrogen-bond acceptors (Lipinski definition) is 1. The highest BCUT2D eigenvalue weighted by Crippen LogP contribution is 2.10. The van der Waals surface area contributed by atoms with Crippen LogP contribution in [-0.4, -0.2) is 12.5 Å². The molecule has 0 aliphatic rings. The highest BCUT2D eigenvalue weighted by molar-refractivity contribution is 6.30. The third-order valence-electron chi connectivity index (χ3n) is 3.36. The first-order chi connectivity index (χ1) is 10.1. The van der Waals surface area contributed by atoms with E-state index in [9.17, 15) is 4.79 Å². The SMILES string of the molecule is C[C@@H]([NH2+]CC(=O)NCc1cccc(Cl)c1)c1ccccc1. The summed E-state index contributed by atoms with van der Waals surface area (Å²) in [5, 5.41) is 5.62. The van der Waals surface area contributed by atoms with Gasteiger partial charge in [-0.3, -0.25) is 4.79 Å². The predicted octanol–water partition coefficient (Wildman–Crippen LogP) is 2.28. The van der Waals surface area contributed by atoms with E-state index < -0.39 is 0 Å². The molecule has 0 aromatic heterocycles. The number of rotatable bonds is 6. The average Bonchev–Trinajstić information content (AvgIpc) is 2.51. The first kappa shape index (κ1) is 15.5. The molecule has 0 radical (unpaired) electrons. The van der Waals surface area contributed by atoms with Crippen LogP contribution in [0.5, 0.6) is 0 Å². The zero-order chi connectivity index (χ0) is 15.1. The van der Waals surface area contributed by atoms with E-state index in [4.69, 9.17) is 11.6 Å². The fourth-order valence-corrected chi connectivity index (χ4v) is 2.31. The second-order valence-electron chi connectivity index (χ2n) is 5.05. The van der Waals surface area contributed by atoms with Crippen molar-refractivity contribution in [3.05, 3.63) is 70.7 Å². The van der Waals surface area contributed by atoms with Crippen LogP contribution < -0.4 is 10.6 Å². The van der Waals surface area contributed by atoms with Crippen molar-refractivity contribution in [2.45, 2.75) is 19.5 Å². The van der Waals surface area contributed by atoms with Gasteiger partial charge in [0.15, 0.2) is 6.54 Å². The van der Waals surface area contributed by atoms with Gasteiger partial charge in [0.2, 0.25) is 0 Å². The molecule has 2 aromatic rings. The Bertz CT molecular complexity index is 586. The highest BCUT2D eigenvalue weighted by Gasteiger charge is 2.10. The van der Waals surface area contributed by atoms with Gasteiger partial charge in [-0.25, -0.2) is 0 Å². The summed E-state index contributed by atoms with van der Waals surface area (Å²) in [4.78, 5) is 11.9. The Morgan fingerprint density at radius 2 is 1.95 bits per heavy atom. The summed E-state index contributed by atoms with van der Waals surface area (Å²) >= 11 is 5.91. The second-order valence-corrected chi connectivity index (χ2v) is 5.48. The first-order valence-electron chi connectivity index (χ1n) is 7.04. The van der Waals surface area contributed by atoms with Crippen molar-refractivity contribution in [1.82, 2.24) is 5.32 Å². The van der Waals surface area contributed by atoms with Crippen LogP contribution >= 0.6 is 11.6 Å². The Kier molecular flexibility index (Phi) is 5.78. The summed E-state index contributed by atoms with van der Waals surface area (Å²) < 4.78 is 0. The van der Waals surface area contributed by atoms with Crippen LogP contribution in [-0.2, 0) is 11.3 Å². The lowest BCUT2D eigenvalue weighted by atomic mass is 10.1. The molecule has 0 spiro atoms. The molecule has 0 saturated heterocycles. The number of halogens is 1. The quantitative estimate of drug-likeness (QED) is 0.845. The minimum atomic E-state index is 0.0257. The van der Waals surface area contributed by atoms with Crippen LogP contribution in [0, 0.1) is 0 Å². The molecule has 0 unspecified atom stereocenters. The Morgan fingerprint density at radius 3 is 2.67 bits per heavy atom. The number of nitrogens with one attached hydrogen (secondary N) is 1. The van der Waals surface area contributed by atoms with Crippen molar-refractivity contribution in [3.8, 4) is 0 Å². The molecule has 0 aliphatic carbocycles. The molecule has 4 heteroatoms. The molecule has 0 heterocycles. The minimum absolute atomic E-state index is 0.0257. The molecular formula is C17H20ClN2O+. The van der Waals surface area contributed by atoms with Crippen molar-refractivity contribution in [2.75, 3.05) is 6.54 Å². The van der Waals surface area contributed by atoms with Crippen molar-refractivity contribution < 1.29 is 10.1 Å². The molecule has 2 rings (SSSR count). The fraction of sp³-hybridized carbons (Fsp3) is 0.235. The summed E-state index contributed by atoms with van der Waals surface area (Å²) in [5.74, 6) is 0.0257. The summed E-state index contributed by atoms with van der Waals surface area (Å²) in [6, 6.07) is 17.9. The maximum absolute atomic E-state index is 11.9. The van der Waals surface area contributed by atoms with E-state index >= 15 is 0 Å². The topological polar surface area (TPSA) is 45.7 Å². The molecular weight excluding hydrogens is 284 g/mol. The number of carbonyl (C=O) groups excluding carboxylic acids is 1. The third-order valence-corrected chi connectivity index (χ3v) is 3.60. The number of benzene rings is 2. The molecule has 21 heavy (non-hydrogen) atoms. The van der Waals surface area contributed by atoms with Crippen molar-refractivity contribution in [1.29, 1.82) is 0 Å². The molecule has 110 valence electrons. The smallest absolute Gasteiger partial charge is 0.275 e. The molecule has 0 fully saturated rings. The predicted molar refractivity (Wildman–Crippen MR) is 84.9 cm³/mol. The molecule has 1 atom stereocenters.